The third-order valence-electron chi connectivity index (χ3n) is 2.07. The van der Waals surface area contributed by atoms with E-state index in [0.29, 0.717) is 0 Å². The predicted octanol–water partition coefficient (Wildman–Crippen LogP) is 1.33. The van der Waals surface area contributed by atoms with Crippen molar-refractivity contribution in [3.63, 3.8) is 0 Å². The van der Waals surface area contributed by atoms with Crippen LogP contribution in [0.4, 0.5) is 0 Å². The molecule has 0 bridgehead atoms. The zero-order chi connectivity index (χ0) is 10.6. The molecule has 84 valence electrons. The topological polar surface area (TPSA) is 83.6 Å². The molecule has 0 spiro atoms. The van der Waals surface area contributed by atoms with Crippen LogP contribution in [0.3, 0.4) is 0 Å². The minimum atomic E-state index is -0.867. The summed E-state index contributed by atoms with van der Waals surface area (Å²) in [6.07, 6.45) is 0.0152. The highest BCUT2D eigenvalue weighted by Gasteiger charge is 2.13. The molecule has 15 heavy (non-hydrogen) atoms. The molecule has 1 aromatic rings. The lowest BCUT2D eigenvalue weighted by Gasteiger charge is -2.12. The molecule has 0 aliphatic rings. The largest absolute Gasteiger partial charge is 0.508 e. The summed E-state index contributed by atoms with van der Waals surface area (Å²) in [5, 5.41) is 17.7. The van der Waals surface area contributed by atoms with Crippen molar-refractivity contribution in [2.45, 2.75) is 12.3 Å². The van der Waals surface area contributed by atoms with Crippen LogP contribution in [-0.4, -0.2) is 22.7 Å². The first kappa shape index (κ1) is 13.7. The molecule has 0 saturated carbocycles. The Bertz CT molecular complexity index is 313. The molecule has 0 heterocycles. The van der Waals surface area contributed by atoms with Crippen molar-refractivity contribution >= 4 is 18.4 Å². The number of carboxylic acid groups (broad SMARTS) is 1. The number of rotatable bonds is 4. The molecule has 0 fully saturated rings. The van der Waals surface area contributed by atoms with Gasteiger partial charge in [0.25, 0.3) is 0 Å². The van der Waals surface area contributed by atoms with Gasteiger partial charge in [0.1, 0.15) is 5.75 Å². The zero-order valence-electron chi connectivity index (χ0n) is 8.09. The van der Waals surface area contributed by atoms with Gasteiger partial charge in [-0.1, -0.05) is 12.1 Å². The van der Waals surface area contributed by atoms with Crippen molar-refractivity contribution in [2.75, 3.05) is 6.54 Å². The van der Waals surface area contributed by atoms with Gasteiger partial charge >= 0.3 is 5.97 Å². The molecular weight excluding hydrogens is 218 g/mol. The van der Waals surface area contributed by atoms with Crippen molar-refractivity contribution in [3.8, 4) is 5.75 Å². The summed E-state index contributed by atoms with van der Waals surface area (Å²) in [5.74, 6) is -0.888. The number of halogens is 1. The lowest BCUT2D eigenvalue weighted by Crippen LogP contribution is -2.16. The van der Waals surface area contributed by atoms with Crippen LogP contribution in [0.2, 0.25) is 0 Å². The van der Waals surface area contributed by atoms with Crippen molar-refractivity contribution in [3.05, 3.63) is 29.8 Å². The summed E-state index contributed by atoms with van der Waals surface area (Å²) >= 11 is 0. The fourth-order valence-electron chi connectivity index (χ4n) is 1.29. The van der Waals surface area contributed by atoms with E-state index < -0.39 is 5.97 Å². The van der Waals surface area contributed by atoms with Crippen molar-refractivity contribution in [2.24, 2.45) is 5.73 Å². The first-order chi connectivity index (χ1) is 6.63. The van der Waals surface area contributed by atoms with Crippen LogP contribution in [0.5, 0.6) is 5.75 Å². The summed E-state index contributed by atoms with van der Waals surface area (Å²) in [6.45, 7) is 0.289. The highest BCUT2D eigenvalue weighted by atomic mass is 35.5. The van der Waals surface area contributed by atoms with Gasteiger partial charge in [0.05, 0.1) is 6.42 Å². The van der Waals surface area contributed by atoms with E-state index in [0.717, 1.165) is 5.56 Å². The minimum absolute atomic E-state index is 0. The van der Waals surface area contributed by atoms with Crippen LogP contribution in [0.1, 0.15) is 17.9 Å². The molecular formula is C10H14ClNO3. The van der Waals surface area contributed by atoms with E-state index in [-0.39, 0.29) is 37.0 Å². The van der Waals surface area contributed by atoms with Gasteiger partial charge in [-0.2, -0.15) is 0 Å². The predicted molar refractivity (Wildman–Crippen MR) is 59.4 cm³/mol. The van der Waals surface area contributed by atoms with E-state index >= 15 is 0 Å². The fourth-order valence-corrected chi connectivity index (χ4v) is 1.29. The van der Waals surface area contributed by atoms with E-state index in [9.17, 15) is 4.79 Å². The van der Waals surface area contributed by atoms with Crippen LogP contribution >= 0.6 is 12.4 Å². The van der Waals surface area contributed by atoms with Crippen LogP contribution in [0.25, 0.3) is 0 Å². The number of carboxylic acids is 1. The van der Waals surface area contributed by atoms with Gasteiger partial charge in [-0.3, -0.25) is 4.79 Å². The average Bonchev–Trinajstić information content (AvgIpc) is 2.15. The maximum atomic E-state index is 10.5. The Balaban J connectivity index is 0.00000196. The quantitative estimate of drug-likeness (QED) is 0.730. The molecule has 0 aromatic heterocycles. The Hall–Kier alpha value is -1.26. The normalized spacial score (nSPS) is 11.5. The molecule has 0 saturated heterocycles. The monoisotopic (exact) mass is 231 g/mol. The van der Waals surface area contributed by atoms with Gasteiger partial charge in [-0.05, 0) is 24.2 Å². The average molecular weight is 232 g/mol. The summed E-state index contributed by atoms with van der Waals surface area (Å²) in [6, 6.07) is 6.44. The molecule has 0 radical (unpaired) electrons. The van der Waals surface area contributed by atoms with E-state index in [4.69, 9.17) is 15.9 Å². The zero-order valence-corrected chi connectivity index (χ0v) is 8.91. The van der Waals surface area contributed by atoms with E-state index in [2.05, 4.69) is 0 Å². The Kier molecular flexibility index (Phi) is 5.74. The molecule has 0 amide bonds. The molecule has 1 unspecified atom stereocenters. The van der Waals surface area contributed by atoms with Crippen LogP contribution in [0, 0.1) is 0 Å². The molecule has 4 nitrogen and oxygen atoms in total. The van der Waals surface area contributed by atoms with E-state index in [1.165, 1.54) is 12.1 Å². The van der Waals surface area contributed by atoms with Crippen molar-refractivity contribution < 1.29 is 15.0 Å². The lowest BCUT2D eigenvalue weighted by molar-refractivity contribution is -0.137. The highest BCUT2D eigenvalue weighted by Crippen LogP contribution is 2.20. The number of aliphatic carboxylic acids is 1. The maximum absolute atomic E-state index is 10.5. The van der Waals surface area contributed by atoms with Crippen molar-refractivity contribution in [1.29, 1.82) is 0 Å². The number of phenolic OH excluding ortho intramolecular Hbond substituents is 1. The smallest absolute Gasteiger partial charge is 0.304 e. The number of hydrogen-bond acceptors (Lipinski definition) is 3. The third-order valence-corrected chi connectivity index (χ3v) is 2.07. The summed E-state index contributed by atoms with van der Waals surface area (Å²) < 4.78 is 0. The van der Waals surface area contributed by atoms with E-state index in [1.54, 1.807) is 12.1 Å². The number of carbonyl (C=O) groups is 1. The van der Waals surface area contributed by atoms with Crippen molar-refractivity contribution in [1.82, 2.24) is 0 Å². The Morgan fingerprint density at radius 3 is 2.27 bits per heavy atom. The Morgan fingerprint density at radius 1 is 1.33 bits per heavy atom. The molecule has 1 aromatic carbocycles. The number of phenols is 1. The number of benzene rings is 1. The second-order valence-corrected chi connectivity index (χ2v) is 3.12. The molecule has 1 rings (SSSR count). The highest BCUT2D eigenvalue weighted by molar-refractivity contribution is 5.85. The Labute approximate surface area is 94.1 Å². The van der Waals surface area contributed by atoms with Gasteiger partial charge in [0, 0.05) is 5.92 Å². The van der Waals surface area contributed by atoms with Gasteiger partial charge in [0.15, 0.2) is 0 Å². The molecule has 4 N–H and O–H groups in total. The van der Waals surface area contributed by atoms with Gasteiger partial charge < -0.3 is 15.9 Å². The third kappa shape index (κ3) is 4.18. The Morgan fingerprint density at radius 2 is 1.87 bits per heavy atom. The summed E-state index contributed by atoms with van der Waals surface area (Å²) in [5.41, 5.74) is 6.31. The van der Waals surface area contributed by atoms with Gasteiger partial charge in [-0.25, -0.2) is 0 Å². The SMILES string of the molecule is Cl.NCC(CC(=O)O)c1ccc(O)cc1. The minimum Gasteiger partial charge on any atom is -0.508 e. The summed E-state index contributed by atoms with van der Waals surface area (Å²) in [7, 11) is 0. The van der Waals surface area contributed by atoms with E-state index in [1.807, 2.05) is 0 Å². The van der Waals surface area contributed by atoms with Crippen LogP contribution < -0.4 is 5.73 Å². The number of hydrogen-bond donors (Lipinski definition) is 3. The second kappa shape index (κ2) is 6.27. The second-order valence-electron chi connectivity index (χ2n) is 3.12. The molecule has 0 aliphatic carbocycles. The molecule has 0 aliphatic heterocycles. The first-order valence-corrected chi connectivity index (χ1v) is 4.34. The maximum Gasteiger partial charge on any atom is 0.304 e. The van der Waals surface area contributed by atoms with Gasteiger partial charge in [-0.15, -0.1) is 12.4 Å². The van der Waals surface area contributed by atoms with Crippen LogP contribution in [0.15, 0.2) is 24.3 Å². The standard InChI is InChI=1S/C10H13NO3.ClH/c11-6-8(5-10(13)14)7-1-3-9(12)4-2-7;/h1-4,8,12H,5-6,11H2,(H,13,14);1H. The molecule has 5 heteroatoms. The summed E-state index contributed by atoms with van der Waals surface area (Å²) in [4.78, 5) is 10.5. The number of aromatic hydroxyl groups is 1. The molecule has 1 atom stereocenters. The van der Waals surface area contributed by atoms with Gasteiger partial charge in [0.2, 0.25) is 0 Å². The number of nitrogens with two attached hydrogens (primary N) is 1. The lowest BCUT2D eigenvalue weighted by atomic mass is 9.96. The fraction of sp³-hybridized carbons (Fsp3) is 0.300. The first-order valence-electron chi connectivity index (χ1n) is 4.34. The van der Waals surface area contributed by atoms with Crippen LogP contribution in [-0.2, 0) is 4.79 Å².